The minimum absolute atomic E-state index is 0.0234. The van der Waals surface area contributed by atoms with Crippen molar-refractivity contribution in [1.29, 1.82) is 0 Å². The van der Waals surface area contributed by atoms with Crippen LogP contribution >= 0.6 is 0 Å². The second-order valence-corrected chi connectivity index (χ2v) is 7.74. The maximum atomic E-state index is 12.3. The van der Waals surface area contributed by atoms with Crippen LogP contribution < -0.4 is 5.32 Å². The number of nitro benzene ring substituents is 1. The summed E-state index contributed by atoms with van der Waals surface area (Å²) < 4.78 is 0. The summed E-state index contributed by atoms with van der Waals surface area (Å²) in [4.78, 5) is 25.3. The van der Waals surface area contributed by atoms with Gasteiger partial charge in [0.05, 0.1) is 4.92 Å². The minimum atomic E-state index is -0.441. The molecule has 0 radical (unpaired) electrons. The monoisotopic (exact) mass is 381 g/mol. The first-order valence-corrected chi connectivity index (χ1v) is 9.76. The van der Waals surface area contributed by atoms with Gasteiger partial charge in [0.1, 0.15) is 0 Å². The number of hydrogen-bond acceptors (Lipinski definition) is 4. The van der Waals surface area contributed by atoms with Crippen LogP contribution in [0, 0.1) is 23.0 Å². The Labute approximate surface area is 165 Å². The van der Waals surface area contributed by atoms with Gasteiger partial charge in [-0.2, -0.15) is 0 Å². The van der Waals surface area contributed by atoms with Crippen molar-refractivity contribution in [1.82, 2.24) is 10.2 Å². The zero-order valence-corrected chi connectivity index (χ0v) is 16.5. The molecular formula is C22H27N3O3. The first-order chi connectivity index (χ1) is 13.4. The third-order valence-corrected chi connectivity index (χ3v) is 5.28. The quantitative estimate of drug-likeness (QED) is 0.605. The van der Waals surface area contributed by atoms with Crippen LogP contribution in [0.5, 0.6) is 0 Å². The highest BCUT2D eigenvalue weighted by Crippen LogP contribution is 2.19. The predicted octanol–water partition coefficient (Wildman–Crippen LogP) is 4.07. The minimum Gasteiger partial charge on any atom is -0.348 e. The fourth-order valence-electron chi connectivity index (χ4n) is 3.74. The number of nitrogens with zero attached hydrogens (tertiary/aromatic N) is 2. The zero-order chi connectivity index (χ0) is 20.1. The summed E-state index contributed by atoms with van der Waals surface area (Å²) in [5, 5.41) is 13.8. The van der Waals surface area contributed by atoms with Crippen molar-refractivity contribution in [3.8, 4) is 0 Å². The summed E-state index contributed by atoms with van der Waals surface area (Å²) in [7, 11) is 0. The second kappa shape index (κ2) is 8.97. The van der Waals surface area contributed by atoms with Gasteiger partial charge in [0.25, 0.3) is 11.6 Å². The van der Waals surface area contributed by atoms with Crippen LogP contribution in [0.25, 0.3) is 0 Å². The summed E-state index contributed by atoms with van der Waals surface area (Å²) in [5.74, 6) is 0.538. The first-order valence-electron chi connectivity index (χ1n) is 9.76. The van der Waals surface area contributed by atoms with Crippen molar-refractivity contribution < 1.29 is 9.72 Å². The summed E-state index contributed by atoms with van der Waals surface area (Å²) in [6.07, 6.45) is 2.59. The van der Waals surface area contributed by atoms with Crippen LogP contribution in [-0.4, -0.2) is 28.8 Å². The predicted molar refractivity (Wildman–Crippen MR) is 109 cm³/mol. The molecule has 0 saturated carbocycles. The fourth-order valence-corrected chi connectivity index (χ4v) is 3.74. The lowest BCUT2D eigenvalue weighted by atomic mass is 9.99. The molecule has 1 unspecified atom stereocenters. The third-order valence-electron chi connectivity index (χ3n) is 5.28. The molecule has 1 fully saturated rings. The van der Waals surface area contributed by atoms with Gasteiger partial charge in [-0.25, -0.2) is 0 Å². The van der Waals surface area contributed by atoms with E-state index in [0.717, 1.165) is 31.1 Å². The second-order valence-electron chi connectivity index (χ2n) is 7.74. The SMILES string of the molecule is Cc1cc(C(=O)NCc2ccc(CN3CCCC(C)C3)cc2)ccc1[N+](=O)[O-]. The Balaban J connectivity index is 1.53. The van der Waals surface area contributed by atoms with Gasteiger partial charge in [-0.15, -0.1) is 0 Å². The number of carbonyl (C=O) groups is 1. The number of nitrogens with one attached hydrogen (secondary N) is 1. The summed E-state index contributed by atoms with van der Waals surface area (Å²) in [6, 6.07) is 12.8. The first kappa shape index (κ1) is 20.0. The van der Waals surface area contributed by atoms with Gasteiger partial charge in [-0.3, -0.25) is 19.8 Å². The van der Waals surface area contributed by atoms with Gasteiger partial charge in [-0.05, 0) is 55.5 Å². The van der Waals surface area contributed by atoms with E-state index in [4.69, 9.17) is 0 Å². The molecule has 1 aliphatic rings. The van der Waals surface area contributed by atoms with E-state index in [1.54, 1.807) is 13.0 Å². The Morgan fingerprint density at radius 1 is 1.21 bits per heavy atom. The number of likely N-dealkylation sites (tertiary alicyclic amines) is 1. The molecule has 0 spiro atoms. The number of piperidine rings is 1. The summed E-state index contributed by atoms with van der Waals surface area (Å²) in [5.41, 5.74) is 3.25. The largest absolute Gasteiger partial charge is 0.348 e. The highest BCUT2D eigenvalue weighted by Gasteiger charge is 2.16. The number of amides is 1. The standard InChI is InChI=1S/C22H27N3O3/c1-16-4-3-11-24(14-16)15-19-7-5-18(6-8-19)13-23-22(26)20-9-10-21(25(27)28)17(2)12-20/h5-10,12,16H,3-4,11,13-15H2,1-2H3,(H,23,26). The average molecular weight is 381 g/mol. The van der Waals surface area contributed by atoms with E-state index in [-0.39, 0.29) is 11.6 Å². The van der Waals surface area contributed by atoms with Crippen molar-refractivity contribution >= 4 is 11.6 Å². The van der Waals surface area contributed by atoms with Gasteiger partial charge in [-0.1, -0.05) is 31.2 Å². The Bertz CT molecular complexity index is 849. The molecule has 2 aromatic carbocycles. The summed E-state index contributed by atoms with van der Waals surface area (Å²) >= 11 is 0. The molecule has 148 valence electrons. The van der Waals surface area contributed by atoms with E-state index in [0.29, 0.717) is 17.7 Å². The van der Waals surface area contributed by atoms with Crippen molar-refractivity contribution in [3.63, 3.8) is 0 Å². The molecule has 6 heteroatoms. The van der Waals surface area contributed by atoms with Crippen molar-refractivity contribution in [2.45, 2.75) is 39.8 Å². The van der Waals surface area contributed by atoms with Crippen LogP contribution in [0.1, 0.15) is 46.8 Å². The molecule has 1 aliphatic heterocycles. The van der Waals surface area contributed by atoms with Crippen molar-refractivity contribution in [2.24, 2.45) is 5.92 Å². The van der Waals surface area contributed by atoms with E-state index < -0.39 is 4.92 Å². The summed E-state index contributed by atoms with van der Waals surface area (Å²) in [6.45, 7) is 7.67. The molecule has 1 saturated heterocycles. The fraction of sp³-hybridized carbons (Fsp3) is 0.409. The normalized spacial score (nSPS) is 17.3. The Hall–Kier alpha value is -2.73. The van der Waals surface area contributed by atoms with Crippen LogP contribution in [0.15, 0.2) is 42.5 Å². The Morgan fingerprint density at radius 2 is 1.93 bits per heavy atom. The number of nitro groups is 1. The number of hydrogen-bond donors (Lipinski definition) is 1. The highest BCUT2D eigenvalue weighted by molar-refractivity contribution is 5.94. The van der Waals surface area contributed by atoms with Crippen LogP contribution in [-0.2, 0) is 13.1 Å². The molecule has 2 aromatic rings. The zero-order valence-electron chi connectivity index (χ0n) is 16.5. The smallest absolute Gasteiger partial charge is 0.272 e. The highest BCUT2D eigenvalue weighted by atomic mass is 16.6. The Morgan fingerprint density at radius 3 is 2.57 bits per heavy atom. The van der Waals surface area contributed by atoms with E-state index in [2.05, 4.69) is 29.3 Å². The number of aryl methyl sites for hydroxylation is 1. The number of rotatable bonds is 6. The van der Waals surface area contributed by atoms with Gasteiger partial charge >= 0.3 is 0 Å². The average Bonchev–Trinajstić information content (AvgIpc) is 2.67. The maximum absolute atomic E-state index is 12.3. The van der Waals surface area contributed by atoms with Crippen LogP contribution in [0.3, 0.4) is 0 Å². The maximum Gasteiger partial charge on any atom is 0.272 e. The molecular weight excluding hydrogens is 354 g/mol. The van der Waals surface area contributed by atoms with E-state index in [1.807, 2.05) is 12.1 Å². The van der Waals surface area contributed by atoms with Gasteiger partial charge in [0.2, 0.25) is 0 Å². The molecule has 0 bridgehead atoms. The Kier molecular flexibility index (Phi) is 6.41. The van der Waals surface area contributed by atoms with Gasteiger partial charge in [0, 0.05) is 36.8 Å². The molecule has 1 heterocycles. The van der Waals surface area contributed by atoms with E-state index in [9.17, 15) is 14.9 Å². The molecule has 3 rings (SSSR count). The van der Waals surface area contributed by atoms with Crippen molar-refractivity contribution in [3.05, 3.63) is 74.8 Å². The molecule has 0 aromatic heterocycles. The lowest BCUT2D eigenvalue weighted by molar-refractivity contribution is -0.385. The van der Waals surface area contributed by atoms with Gasteiger partial charge in [0.15, 0.2) is 0 Å². The topological polar surface area (TPSA) is 75.5 Å². The van der Waals surface area contributed by atoms with Crippen LogP contribution in [0.4, 0.5) is 5.69 Å². The van der Waals surface area contributed by atoms with Gasteiger partial charge < -0.3 is 5.32 Å². The number of benzene rings is 2. The molecule has 6 nitrogen and oxygen atoms in total. The lowest BCUT2D eigenvalue weighted by Crippen LogP contribution is -2.33. The number of carbonyl (C=O) groups excluding carboxylic acids is 1. The van der Waals surface area contributed by atoms with E-state index >= 15 is 0 Å². The van der Waals surface area contributed by atoms with E-state index in [1.165, 1.54) is 30.5 Å². The molecule has 1 N–H and O–H groups in total. The molecule has 0 aliphatic carbocycles. The third kappa shape index (κ3) is 5.16. The molecule has 1 amide bonds. The molecule has 28 heavy (non-hydrogen) atoms. The molecule has 1 atom stereocenters. The van der Waals surface area contributed by atoms with Crippen LogP contribution in [0.2, 0.25) is 0 Å². The lowest BCUT2D eigenvalue weighted by Gasteiger charge is -2.30. The van der Waals surface area contributed by atoms with Crippen molar-refractivity contribution in [2.75, 3.05) is 13.1 Å².